The number of rotatable bonds is 2. The van der Waals surface area contributed by atoms with E-state index >= 15 is 0 Å². The highest BCUT2D eigenvalue weighted by atomic mass is 32.2. The standard InChI is InChI=1S/C20H19N2OS/c1-15(2)22-17-11-6-7-12-18(17)24(23)19-13-8-14-21(20(19)22)16-9-4-3-5-10-16/h3-15H,1-2H3/q+1. The van der Waals surface area contributed by atoms with Gasteiger partial charge in [0, 0.05) is 0 Å². The Hall–Kier alpha value is -2.46. The maximum absolute atomic E-state index is 13.1. The summed E-state index contributed by atoms with van der Waals surface area (Å²) in [6.07, 6.45) is 2.04. The normalized spacial score (nSPS) is 16.0. The molecule has 1 unspecified atom stereocenters. The third kappa shape index (κ3) is 2.26. The topological polar surface area (TPSA) is 24.2 Å². The van der Waals surface area contributed by atoms with Crippen LogP contribution in [-0.2, 0) is 10.8 Å². The molecule has 0 bridgehead atoms. The molecule has 4 rings (SSSR count). The number of benzene rings is 2. The van der Waals surface area contributed by atoms with Crippen LogP contribution in [0.2, 0.25) is 0 Å². The highest BCUT2D eigenvalue weighted by Crippen LogP contribution is 2.41. The largest absolute Gasteiger partial charge is 0.304 e. The molecule has 0 saturated heterocycles. The maximum Gasteiger partial charge on any atom is 0.304 e. The molecule has 0 radical (unpaired) electrons. The molecular formula is C20H19N2OS+. The van der Waals surface area contributed by atoms with Gasteiger partial charge >= 0.3 is 5.82 Å². The van der Waals surface area contributed by atoms with E-state index in [2.05, 4.69) is 41.5 Å². The first-order valence-electron chi connectivity index (χ1n) is 8.08. The van der Waals surface area contributed by atoms with E-state index in [1.165, 1.54) is 0 Å². The van der Waals surface area contributed by atoms with Gasteiger partial charge < -0.3 is 0 Å². The fourth-order valence-electron chi connectivity index (χ4n) is 3.23. The molecule has 0 fully saturated rings. The molecule has 120 valence electrons. The monoisotopic (exact) mass is 335 g/mol. The predicted octanol–water partition coefficient (Wildman–Crippen LogP) is 3.99. The molecule has 24 heavy (non-hydrogen) atoms. The van der Waals surface area contributed by atoms with E-state index in [1.54, 1.807) is 0 Å². The summed E-state index contributed by atoms with van der Waals surface area (Å²) in [4.78, 5) is 4.01. The Labute approximate surface area is 144 Å². The molecule has 0 N–H and O–H groups in total. The lowest BCUT2D eigenvalue weighted by atomic mass is 10.2. The number of hydrogen-bond acceptors (Lipinski definition) is 2. The highest BCUT2D eigenvalue weighted by Gasteiger charge is 2.38. The van der Waals surface area contributed by atoms with Gasteiger partial charge in [-0.05, 0) is 50.2 Å². The quantitative estimate of drug-likeness (QED) is 0.661. The van der Waals surface area contributed by atoms with Crippen LogP contribution in [0.15, 0.2) is 82.7 Å². The first-order chi connectivity index (χ1) is 11.7. The third-order valence-electron chi connectivity index (χ3n) is 4.23. The van der Waals surface area contributed by atoms with Crippen molar-refractivity contribution in [3.8, 4) is 5.69 Å². The highest BCUT2D eigenvalue weighted by molar-refractivity contribution is 7.85. The van der Waals surface area contributed by atoms with Crippen molar-refractivity contribution in [3.63, 3.8) is 0 Å². The maximum atomic E-state index is 13.1. The van der Waals surface area contributed by atoms with Crippen molar-refractivity contribution in [3.05, 3.63) is 72.9 Å². The number of hydrogen-bond donors (Lipinski definition) is 0. The van der Waals surface area contributed by atoms with Crippen LogP contribution < -0.4 is 9.47 Å². The second-order valence-corrected chi connectivity index (χ2v) is 7.52. The molecule has 3 nitrogen and oxygen atoms in total. The van der Waals surface area contributed by atoms with Crippen molar-refractivity contribution in [2.24, 2.45) is 0 Å². The smallest absolute Gasteiger partial charge is 0.249 e. The van der Waals surface area contributed by atoms with Crippen LogP contribution in [-0.4, -0.2) is 10.3 Å². The summed E-state index contributed by atoms with van der Waals surface area (Å²) in [5.74, 6) is 0.982. The first-order valence-corrected chi connectivity index (χ1v) is 9.23. The molecule has 0 aliphatic carbocycles. The fraction of sp³-hybridized carbons (Fsp3) is 0.150. The van der Waals surface area contributed by atoms with Crippen LogP contribution >= 0.6 is 0 Å². The molecule has 1 atom stereocenters. The number of fused-ring (bicyclic) bond motifs is 2. The Kier molecular flexibility index (Phi) is 3.69. The Balaban J connectivity index is 2.04. The second kappa shape index (κ2) is 5.87. The molecule has 1 aromatic heterocycles. The number of aromatic nitrogens is 1. The van der Waals surface area contributed by atoms with Crippen LogP contribution in [0.5, 0.6) is 0 Å². The lowest BCUT2D eigenvalue weighted by molar-refractivity contribution is -0.584. The predicted molar refractivity (Wildman–Crippen MR) is 96.4 cm³/mol. The Morgan fingerprint density at radius 3 is 2.29 bits per heavy atom. The van der Waals surface area contributed by atoms with E-state index in [-0.39, 0.29) is 6.04 Å². The third-order valence-corrected chi connectivity index (χ3v) is 5.70. The van der Waals surface area contributed by atoms with Gasteiger partial charge in [-0.25, -0.2) is 9.11 Å². The lowest BCUT2D eigenvalue weighted by Crippen LogP contribution is -2.43. The van der Waals surface area contributed by atoms with Gasteiger partial charge in [0.15, 0.2) is 0 Å². The van der Waals surface area contributed by atoms with Gasteiger partial charge in [0.1, 0.15) is 16.3 Å². The van der Waals surface area contributed by atoms with Gasteiger partial charge in [0.25, 0.3) is 0 Å². The molecule has 3 aromatic rings. The summed E-state index contributed by atoms with van der Waals surface area (Å²) in [6, 6.07) is 22.4. The van der Waals surface area contributed by atoms with Gasteiger partial charge in [-0.15, -0.1) is 0 Å². The molecule has 1 aliphatic rings. The van der Waals surface area contributed by atoms with Crippen LogP contribution in [0.25, 0.3) is 5.69 Å². The Bertz CT molecular complexity index is 922. The minimum atomic E-state index is -1.17. The molecule has 0 saturated carbocycles. The van der Waals surface area contributed by atoms with Crippen LogP contribution in [0.3, 0.4) is 0 Å². The summed E-state index contributed by atoms with van der Waals surface area (Å²) >= 11 is 0. The minimum Gasteiger partial charge on any atom is -0.249 e. The molecule has 0 spiro atoms. The SMILES string of the molecule is CC(C)N1c2ccccc2S(=O)c2ccc[n+](-c3ccccc3)c21. The Morgan fingerprint density at radius 1 is 0.875 bits per heavy atom. The molecular weight excluding hydrogens is 316 g/mol. The van der Waals surface area contributed by atoms with E-state index in [0.29, 0.717) is 0 Å². The number of anilines is 2. The number of nitrogens with zero attached hydrogens (tertiary/aromatic N) is 2. The molecule has 4 heteroatoms. The van der Waals surface area contributed by atoms with Gasteiger partial charge in [-0.2, -0.15) is 4.57 Å². The van der Waals surface area contributed by atoms with Crippen molar-refractivity contribution in [1.82, 2.24) is 0 Å². The summed E-state index contributed by atoms with van der Waals surface area (Å²) in [7, 11) is -1.17. The van der Waals surface area contributed by atoms with E-state index in [9.17, 15) is 4.21 Å². The van der Waals surface area contributed by atoms with Gasteiger partial charge in [-0.1, -0.05) is 30.3 Å². The average Bonchev–Trinajstić information content (AvgIpc) is 2.62. The van der Waals surface area contributed by atoms with E-state index in [1.807, 2.05) is 54.7 Å². The summed E-state index contributed by atoms with van der Waals surface area (Å²) in [5.41, 5.74) is 2.09. The van der Waals surface area contributed by atoms with Gasteiger partial charge in [0.2, 0.25) is 0 Å². The summed E-state index contributed by atoms with van der Waals surface area (Å²) in [5, 5.41) is 0. The minimum absolute atomic E-state index is 0.250. The molecule has 2 heterocycles. The number of pyridine rings is 1. The summed E-state index contributed by atoms with van der Waals surface area (Å²) in [6.45, 7) is 4.33. The van der Waals surface area contributed by atoms with E-state index in [4.69, 9.17) is 0 Å². The Morgan fingerprint density at radius 2 is 1.54 bits per heavy atom. The molecule has 2 aromatic carbocycles. The summed E-state index contributed by atoms with van der Waals surface area (Å²) < 4.78 is 15.3. The van der Waals surface area contributed by atoms with Crippen molar-refractivity contribution >= 4 is 22.3 Å². The first kappa shape index (κ1) is 15.1. The van der Waals surface area contributed by atoms with Crippen molar-refractivity contribution in [1.29, 1.82) is 0 Å². The van der Waals surface area contributed by atoms with Crippen LogP contribution in [0, 0.1) is 0 Å². The van der Waals surface area contributed by atoms with Crippen molar-refractivity contribution in [2.45, 2.75) is 29.7 Å². The van der Waals surface area contributed by atoms with Crippen LogP contribution in [0.1, 0.15) is 13.8 Å². The molecule has 0 amide bonds. The van der Waals surface area contributed by atoms with Crippen molar-refractivity contribution in [2.75, 3.05) is 4.90 Å². The zero-order valence-electron chi connectivity index (χ0n) is 13.7. The van der Waals surface area contributed by atoms with Gasteiger partial charge in [0.05, 0.1) is 27.9 Å². The fourth-order valence-corrected chi connectivity index (χ4v) is 4.59. The second-order valence-electron chi connectivity index (χ2n) is 6.10. The van der Waals surface area contributed by atoms with Crippen molar-refractivity contribution < 1.29 is 8.78 Å². The van der Waals surface area contributed by atoms with E-state index in [0.717, 1.165) is 27.0 Å². The zero-order chi connectivity index (χ0) is 16.7. The zero-order valence-corrected chi connectivity index (χ0v) is 14.5. The average molecular weight is 335 g/mol. The van der Waals surface area contributed by atoms with Crippen LogP contribution in [0.4, 0.5) is 11.5 Å². The number of para-hydroxylation sites is 2. The molecule has 1 aliphatic heterocycles. The van der Waals surface area contributed by atoms with Gasteiger partial charge in [-0.3, -0.25) is 0 Å². The van der Waals surface area contributed by atoms with E-state index < -0.39 is 10.8 Å². The lowest BCUT2D eigenvalue weighted by Gasteiger charge is -2.29.